The Morgan fingerprint density at radius 1 is 1.10 bits per heavy atom. The lowest BCUT2D eigenvalue weighted by molar-refractivity contribution is -0.139. The van der Waals surface area contributed by atoms with Crippen LogP contribution in [0.2, 0.25) is 0 Å². The summed E-state index contributed by atoms with van der Waals surface area (Å²) in [7, 11) is 0. The summed E-state index contributed by atoms with van der Waals surface area (Å²) in [5.74, 6) is -1.16. The predicted molar refractivity (Wildman–Crippen MR) is 82.3 cm³/mol. The Labute approximate surface area is 123 Å². The SMILES string of the molecule is CC(C)CC(NC(=O)c1ccc2ccccc2c1)C(=O)O. The second-order valence-electron chi connectivity index (χ2n) is 5.56. The molecule has 4 heteroatoms. The van der Waals surface area contributed by atoms with Crippen LogP contribution in [0.15, 0.2) is 42.5 Å². The van der Waals surface area contributed by atoms with E-state index in [0.29, 0.717) is 12.0 Å². The van der Waals surface area contributed by atoms with Gasteiger partial charge in [0.25, 0.3) is 5.91 Å². The van der Waals surface area contributed by atoms with Crippen LogP contribution < -0.4 is 5.32 Å². The molecule has 0 spiro atoms. The van der Waals surface area contributed by atoms with E-state index in [1.165, 1.54) is 0 Å². The molecular weight excluding hydrogens is 266 g/mol. The number of nitrogens with one attached hydrogen (secondary N) is 1. The van der Waals surface area contributed by atoms with Crippen LogP contribution in [-0.4, -0.2) is 23.0 Å². The molecule has 2 aromatic carbocycles. The van der Waals surface area contributed by atoms with Crippen LogP contribution >= 0.6 is 0 Å². The van der Waals surface area contributed by atoms with E-state index in [-0.39, 0.29) is 11.8 Å². The van der Waals surface area contributed by atoms with Crippen molar-refractivity contribution in [1.82, 2.24) is 5.32 Å². The monoisotopic (exact) mass is 285 g/mol. The van der Waals surface area contributed by atoms with Gasteiger partial charge >= 0.3 is 5.97 Å². The van der Waals surface area contributed by atoms with Crippen molar-refractivity contribution in [3.63, 3.8) is 0 Å². The molecule has 1 amide bonds. The van der Waals surface area contributed by atoms with Gasteiger partial charge in [-0.3, -0.25) is 4.79 Å². The fraction of sp³-hybridized carbons (Fsp3) is 0.294. The molecule has 0 saturated heterocycles. The van der Waals surface area contributed by atoms with Gasteiger partial charge in [-0.1, -0.05) is 44.2 Å². The summed E-state index contributed by atoms with van der Waals surface area (Å²) in [6.45, 7) is 3.86. The number of carboxylic acid groups (broad SMARTS) is 1. The Balaban J connectivity index is 2.19. The lowest BCUT2D eigenvalue weighted by atomic mass is 10.0. The minimum Gasteiger partial charge on any atom is -0.480 e. The maximum Gasteiger partial charge on any atom is 0.326 e. The Morgan fingerprint density at radius 3 is 2.38 bits per heavy atom. The third-order valence-electron chi connectivity index (χ3n) is 3.32. The first kappa shape index (κ1) is 15.0. The number of carbonyl (C=O) groups excluding carboxylic acids is 1. The van der Waals surface area contributed by atoms with Crippen molar-refractivity contribution in [3.05, 3.63) is 48.0 Å². The summed E-state index contributed by atoms with van der Waals surface area (Å²) < 4.78 is 0. The first-order valence-electron chi connectivity index (χ1n) is 7.00. The van der Waals surface area contributed by atoms with E-state index in [1.54, 1.807) is 12.1 Å². The van der Waals surface area contributed by atoms with Gasteiger partial charge < -0.3 is 10.4 Å². The van der Waals surface area contributed by atoms with Gasteiger partial charge in [-0.05, 0) is 35.2 Å². The maximum atomic E-state index is 12.2. The molecule has 1 atom stereocenters. The summed E-state index contributed by atoms with van der Waals surface area (Å²) in [5.41, 5.74) is 0.476. The fourth-order valence-electron chi connectivity index (χ4n) is 2.27. The summed E-state index contributed by atoms with van der Waals surface area (Å²) in [4.78, 5) is 23.4. The predicted octanol–water partition coefficient (Wildman–Crippen LogP) is 3.07. The average molecular weight is 285 g/mol. The van der Waals surface area contributed by atoms with Crippen molar-refractivity contribution < 1.29 is 14.7 Å². The van der Waals surface area contributed by atoms with E-state index in [4.69, 9.17) is 0 Å². The van der Waals surface area contributed by atoms with Crippen LogP contribution in [0.4, 0.5) is 0 Å². The van der Waals surface area contributed by atoms with E-state index < -0.39 is 12.0 Å². The van der Waals surface area contributed by atoms with Crippen LogP contribution in [-0.2, 0) is 4.79 Å². The average Bonchev–Trinajstić information content (AvgIpc) is 2.45. The molecule has 110 valence electrons. The Kier molecular flexibility index (Phi) is 4.58. The van der Waals surface area contributed by atoms with E-state index in [1.807, 2.05) is 44.2 Å². The first-order chi connectivity index (χ1) is 9.97. The van der Waals surface area contributed by atoms with Crippen molar-refractivity contribution in [3.8, 4) is 0 Å². The lowest BCUT2D eigenvalue weighted by Gasteiger charge is -2.16. The number of benzene rings is 2. The molecule has 0 aliphatic carbocycles. The molecule has 2 aromatic rings. The molecule has 2 rings (SSSR count). The van der Waals surface area contributed by atoms with Gasteiger partial charge in [0.05, 0.1) is 0 Å². The van der Waals surface area contributed by atoms with Crippen LogP contribution in [0.25, 0.3) is 10.8 Å². The van der Waals surface area contributed by atoms with Gasteiger partial charge in [-0.25, -0.2) is 4.79 Å². The highest BCUT2D eigenvalue weighted by molar-refractivity contribution is 6.00. The number of aliphatic carboxylic acids is 1. The van der Waals surface area contributed by atoms with Crippen molar-refractivity contribution in [2.45, 2.75) is 26.3 Å². The molecule has 0 aliphatic rings. The zero-order valence-electron chi connectivity index (χ0n) is 12.2. The Bertz CT molecular complexity index is 664. The van der Waals surface area contributed by atoms with Gasteiger partial charge in [-0.2, -0.15) is 0 Å². The quantitative estimate of drug-likeness (QED) is 0.887. The summed E-state index contributed by atoms with van der Waals surface area (Å²) in [5, 5.41) is 13.8. The minimum absolute atomic E-state index is 0.197. The van der Waals surface area contributed by atoms with Gasteiger partial charge in [0.15, 0.2) is 0 Å². The smallest absolute Gasteiger partial charge is 0.326 e. The molecule has 0 aromatic heterocycles. The molecule has 1 unspecified atom stereocenters. The number of hydrogen-bond donors (Lipinski definition) is 2. The number of rotatable bonds is 5. The zero-order valence-corrected chi connectivity index (χ0v) is 12.2. The highest BCUT2D eigenvalue weighted by Crippen LogP contribution is 2.16. The number of fused-ring (bicyclic) bond motifs is 1. The van der Waals surface area contributed by atoms with Crippen LogP contribution in [0, 0.1) is 5.92 Å². The normalized spacial score (nSPS) is 12.3. The molecule has 0 bridgehead atoms. The number of carbonyl (C=O) groups is 2. The summed E-state index contributed by atoms with van der Waals surface area (Å²) in [6, 6.07) is 12.2. The number of hydrogen-bond acceptors (Lipinski definition) is 2. The zero-order chi connectivity index (χ0) is 15.4. The summed E-state index contributed by atoms with van der Waals surface area (Å²) >= 11 is 0. The molecule has 0 aliphatic heterocycles. The Hall–Kier alpha value is -2.36. The highest BCUT2D eigenvalue weighted by Gasteiger charge is 2.21. The minimum atomic E-state index is -1.00. The number of carboxylic acids is 1. The topological polar surface area (TPSA) is 66.4 Å². The second-order valence-corrected chi connectivity index (χ2v) is 5.56. The van der Waals surface area contributed by atoms with Crippen LogP contribution in [0.1, 0.15) is 30.6 Å². The molecule has 0 heterocycles. The standard InChI is InChI=1S/C17H19NO3/c1-11(2)9-15(17(20)21)18-16(19)14-8-7-12-5-3-4-6-13(12)10-14/h3-8,10-11,15H,9H2,1-2H3,(H,18,19)(H,20,21). The van der Waals surface area contributed by atoms with E-state index in [2.05, 4.69) is 5.32 Å². The van der Waals surface area contributed by atoms with Crippen molar-refractivity contribution >= 4 is 22.6 Å². The molecule has 21 heavy (non-hydrogen) atoms. The maximum absolute atomic E-state index is 12.2. The largest absolute Gasteiger partial charge is 0.480 e. The number of amides is 1. The van der Waals surface area contributed by atoms with Gasteiger partial charge in [-0.15, -0.1) is 0 Å². The lowest BCUT2D eigenvalue weighted by Crippen LogP contribution is -2.41. The van der Waals surface area contributed by atoms with Gasteiger partial charge in [0.2, 0.25) is 0 Å². The summed E-state index contributed by atoms with van der Waals surface area (Å²) in [6.07, 6.45) is 0.411. The van der Waals surface area contributed by atoms with E-state index in [0.717, 1.165) is 10.8 Å². The fourth-order valence-corrected chi connectivity index (χ4v) is 2.27. The molecular formula is C17H19NO3. The van der Waals surface area contributed by atoms with Crippen LogP contribution in [0.3, 0.4) is 0 Å². The molecule has 2 N–H and O–H groups in total. The molecule has 0 radical (unpaired) electrons. The third-order valence-corrected chi connectivity index (χ3v) is 3.32. The molecule has 0 fully saturated rings. The molecule has 0 saturated carbocycles. The van der Waals surface area contributed by atoms with Gasteiger partial charge in [0, 0.05) is 5.56 Å². The van der Waals surface area contributed by atoms with Crippen LogP contribution in [0.5, 0.6) is 0 Å². The van der Waals surface area contributed by atoms with E-state index in [9.17, 15) is 14.7 Å². The van der Waals surface area contributed by atoms with Crippen molar-refractivity contribution in [2.24, 2.45) is 5.92 Å². The highest BCUT2D eigenvalue weighted by atomic mass is 16.4. The molecule has 4 nitrogen and oxygen atoms in total. The van der Waals surface area contributed by atoms with Crippen molar-refractivity contribution in [2.75, 3.05) is 0 Å². The first-order valence-corrected chi connectivity index (χ1v) is 7.00. The third kappa shape index (κ3) is 3.81. The second kappa shape index (κ2) is 6.39. The van der Waals surface area contributed by atoms with Gasteiger partial charge in [0.1, 0.15) is 6.04 Å². The Morgan fingerprint density at radius 2 is 1.76 bits per heavy atom. The van der Waals surface area contributed by atoms with E-state index >= 15 is 0 Å². The van der Waals surface area contributed by atoms with Crippen molar-refractivity contribution in [1.29, 1.82) is 0 Å².